The van der Waals surface area contributed by atoms with Crippen LogP contribution in [0.3, 0.4) is 0 Å². The van der Waals surface area contributed by atoms with Crippen molar-refractivity contribution in [3.63, 3.8) is 0 Å². The van der Waals surface area contributed by atoms with Gasteiger partial charge in [-0.15, -0.1) is 11.8 Å². The molecule has 1 heterocycles. The number of hydrogen-bond donors (Lipinski definition) is 2. The van der Waals surface area contributed by atoms with Gasteiger partial charge in [0, 0.05) is 28.7 Å². The van der Waals surface area contributed by atoms with E-state index in [9.17, 15) is 9.59 Å². The van der Waals surface area contributed by atoms with Gasteiger partial charge in [-0.25, -0.2) is 0 Å². The van der Waals surface area contributed by atoms with E-state index in [0.717, 1.165) is 21.8 Å². The largest absolute Gasteiger partial charge is 0.344 e. The SMILES string of the molecule is CC(C)[C@H](NC(=O)Cc1ccccc1)C(=O)Nc1ccc(SCc2cccnc2)cc1. The smallest absolute Gasteiger partial charge is 0.247 e. The van der Waals surface area contributed by atoms with Crippen LogP contribution in [0.4, 0.5) is 5.69 Å². The molecule has 0 spiro atoms. The summed E-state index contributed by atoms with van der Waals surface area (Å²) in [5, 5.41) is 5.79. The van der Waals surface area contributed by atoms with E-state index in [1.165, 1.54) is 0 Å². The number of nitrogens with zero attached hydrogens (tertiary/aromatic N) is 1. The average Bonchev–Trinajstić information content (AvgIpc) is 2.78. The predicted molar refractivity (Wildman–Crippen MR) is 126 cm³/mol. The number of amides is 2. The molecule has 3 aromatic rings. The van der Waals surface area contributed by atoms with Gasteiger partial charge in [0.2, 0.25) is 11.8 Å². The highest BCUT2D eigenvalue weighted by molar-refractivity contribution is 7.98. The van der Waals surface area contributed by atoms with Gasteiger partial charge in [-0.1, -0.05) is 50.2 Å². The van der Waals surface area contributed by atoms with Gasteiger partial charge in [-0.05, 0) is 47.4 Å². The van der Waals surface area contributed by atoms with Gasteiger partial charge in [-0.3, -0.25) is 14.6 Å². The molecule has 2 amide bonds. The third-order valence-corrected chi connectivity index (χ3v) is 5.81. The molecule has 0 saturated heterocycles. The highest BCUT2D eigenvalue weighted by atomic mass is 32.2. The van der Waals surface area contributed by atoms with Crippen LogP contribution in [0.15, 0.2) is 84.0 Å². The molecule has 1 aromatic heterocycles. The van der Waals surface area contributed by atoms with Crippen LogP contribution < -0.4 is 10.6 Å². The molecule has 2 aromatic carbocycles. The van der Waals surface area contributed by atoms with Crippen LogP contribution in [0.2, 0.25) is 0 Å². The Morgan fingerprint density at radius 2 is 1.65 bits per heavy atom. The topological polar surface area (TPSA) is 71.1 Å². The molecule has 0 fully saturated rings. The van der Waals surface area contributed by atoms with Gasteiger partial charge in [0.1, 0.15) is 6.04 Å². The van der Waals surface area contributed by atoms with Crippen LogP contribution in [-0.2, 0) is 21.8 Å². The molecular weight excluding hydrogens is 406 g/mol. The molecule has 0 aliphatic heterocycles. The standard InChI is InChI=1S/C25H27N3O2S/c1-18(2)24(28-23(29)15-19-7-4-3-5-8-19)25(30)27-21-10-12-22(13-11-21)31-17-20-9-6-14-26-16-20/h3-14,16,18,24H,15,17H2,1-2H3,(H,27,30)(H,28,29)/t24-/m0/s1. The van der Waals surface area contributed by atoms with Crippen molar-refractivity contribution < 1.29 is 9.59 Å². The Labute approximate surface area is 187 Å². The zero-order valence-corrected chi connectivity index (χ0v) is 18.6. The maximum atomic E-state index is 12.8. The zero-order chi connectivity index (χ0) is 22.1. The van der Waals surface area contributed by atoms with Crippen LogP contribution in [-0.4, -0.2) is 22.8 Å². The number of rotatable bonds is 9. The Balaban J connectivity index is 1.54. The lowest BCUT2D eigenvalue weighted by atomic mass is 10.0. The van der Waals surface area contributed by atoms with E-state index in [1.807, 2.05) is 86.8 Å². The van der Waals surface area contributed by atoms with E-state index in [4.69, 9.17) is 0 Å². The second kappa shape index (κ2) is 11.3. The van der Waals surface area contributed by atoms with E-state index < -0.39 is 6.04 Å². The molecule has 3 rings (SSSR count). The summed E-state index contributed by atoms with van der Waals surface area (Å²) in [5.74, 6) is 0.422. The number of thioether (sulfide) groups is 1. The van der Waals surface area contributed by atoms with Crippen molar-refractivity contribution in [1.29, 1.82) is 0 Å². The number of carbonyl (C=O) groups is 2. The second-order valence-electron chi connectivity index (χ2n) is 7.62. The molecule has 0 unspecified atom stereocenters. The molecule has 0 saturated carbocycles. The van der Waals surface area contributed by atoms with E-state index in [-0.39, 0.29) is 24.2 Å². The quantitative estimate of drug-likeness (QED) is 0.480. The summed E-state index contributed by atoms with van der Waals surface area (Å²) in [6.45, 7) is 3.84. The van der Waals surface area contributed by atoms with Gasteiger partial charge in [0.05, 0.1) is 6.42 Å². The first kappa shape index (κ1) is 22.6. The van der Waals surface area contributed by atoms with E-state index in [0.29, 0.717) is 5.69 Å². The molecule has 6 heteroatoms. The summed E-state index contributed by atoms with van der Waals surface area (Å²) < 4.78 is 0. The summed E-state index contributed by atoms with van der Waals surface area (Å²) in [6, 6.07) is 20.6. The average molecular weight is 434 g/mol. The van der Waals surface area contributed by atoms with Crippen molar-refractivity contribution in [2.24, 2.45) is 5.92 Å². The van der Waals surface area contributed by atoms with Gasteiger partial charge >= 0.3 is 0 Å². The van der Waals surface area contributed by atoms with E-state index in [1.54, 1.807) is 18.0 Å². The van der Waals surface area contributed by atoms with Gasteiger partial charge in [-0.2, -0.15) is 0 Å². The van der Waals surface area contributed by atoms with Crippen LogP contribution in [0, 0.1) is 5.92 Å². The minimum atomic E-state index is -0.601. The molecule has 0 radical (unpaired) electrons. The second-order valence-corrected chi connectivity index (χ2v) is 8.66. The lowest BCUT2D eigenvalue weighted by molar-refractivity contribution is -0.127. The Bertz CT molecular complexity index is 977. The Morgan fingerprint density at radius 3 is 2.29 bits per heavy atom. The fourth-order valence-corrected chi connectivity index (χ4v) is 3.88. The van der Waals surface area contributed by atoms with Crippen molar-refractivity contribution in [3.05, 3.63) is 90.3 Å². The highest BCUT2D eigenvalue weighted by Gasteiger charge is 2.24. The first-order chi connectivity index (χ1) is 15.0. The number of pyridine rings is 1. The van der Waals surface area contributed by atoms with Crippen molar-refractivity contribution >= 4 is 29.3 Å². The van der Waals surface area contributed by atoms with Crippen LogP contribution in [0.25, 0.3) is 0 Å². The van der Waals surface area contributed by atoms with Crippen molar-refractivity contribution in [2.75, 3.05) is 5.32 Å². The molecule has 1 atom stereocenters. The maximum absolute atomic E-state index is 12.8. The van der Waals surface area contributed by atoms with Gasteiger partial charge in [0.15, 0.2) is 0 Å². The van der Waals surface area contributed by atoms with Gasteiger partial charge in [0.25, 0.3) is 0 Å². The number of benzene rings is 2. The number of nitrogens with one attached hydrogen (secondary N) is 2. The number of aromatic nitrogens is 1. The Hall–Kier alpha value is -3.12. The third kappa shape index (κ3) is 7.26. The minimum Gasteiger partial charge on any atom is -0.344 e. The number of carbonyl (C=O) groups excluding carboxylic acids is 2. The number of hydrogen-bond acceptors (Lipinski definition) is 4. The Morgan fingerprint density at radius 1 is 0.935 bits per heavy atom. The molecule has 5 nitrogen and oxygen atoms in total. The summed E-state index contributed by atoms with van der Waals surface area (Å²) >= 11 is 1.71. The summed E-state index contributed by atoms with van der Waals surface area (Å²) in [5.41, 5.74) is 2.79. The van der Waals surface area contributed by atoms with E-state index in [2.05, 4.69) is 15.6 Å². The first-order valence-corrected chi connectivity index (χ1v) is 11.3. The van der Waals surface area contributed by atoms with Crippen LogP contribution >= 0.6 is 11.8 Å². The van der Waals surface area contributed by atoms with Crippen molar-refractivity contribution in [1.82, 2.24) is 10.3 Å². The molecule has 160 valence electrons. The van der Waals surface area contributed by atoms with Crippen LogP contribution in [0.1, 0.15) is 25.0 Å². The molecule has 0 bridgehead atoms. The number of anilines is 1. The zero-order valence-electron chi connectivity index (χ0n) is 17.7. The molecule has 0 aliphatic carbocycles. The van der Waals surface area contributed by atoms with Gasteiger partial charge < -0.3 is 10.6 Å². The normalized spacial score (nSPS) is 11.7. The molecule has 0 aliphatic rings. The Kier molecular flexibility index (Phi) is 8.24. The minimum absolute atomic E-state index is 0.0333. The fourth-order valence-electron chi connectivity index (χ4n) is 3.05. The summed E-state index contributed by atoms with van der Waals surface area (Å²) in [4.78, 5) is 30.5. The molecule has 31 heavy (non-hydrogen) atoms. The lowest BCUT2D eigenvalue weighted by Gasteiger charge is -2.22. The predicted octanol–water partition coefficient (Wildman–Crippen LogP) is 4.70. The lowest BCUT2D eigenvalue weighted by Crippen LogP contribution is -2.47. The molecule has 2 N–H and O–H groups in total. The maximum Gasteiger partial charge on any atom is 0.247 e. The van der Waals surface area contributed by atoms with Crippen molar-refractivity contribution in [3.8, 4) is 0 Å². The van der Waals surface area contributed by atoms with E-state index >= 15 is 0 Å². The summed E-state index contributed by atoms with van der Waals surface area (Å²) in [6.07, 6.45) is 3.88. The monoisotopic (exact) mass is 433 g/mol. The fraction of sp³-hybridized carbons (Fsp3) is 0.240. The highest BCUT2D eigenvalue weighted by Crippen LogP contribution is 2.24. The third-order valence-electron chi connectivity index (χ3n) is 4.72. The van der Waals surface area contributed by atoms with Crippen LogP contribution in [0.5, 0.6) is 0 Å². The summed E-state index contributed by atoms with van der Waals surface area (Å²) in [7, 11) is 0. The first-order valence-electron chi connectivity index (χ1n) is 10.3. The molecular formula is C25H27N3O2S. The van der Waals surface area contributed by atoms with Crippen molar-refractivity contribution in [2.45, 2.75) is 37.0 Å².